The number of benzene rings is 1. The van der Waals surface area contributed by atoms with Gasteiger partial charge in [-0.3, -0.25) is 13.8 Å². The van der Waals surface area contributed by atoms with Crippen LogP contribution in [-0.4, -0.2) is 29.1 Å². The first-order valence-corrected chi connectivity index (χ1v) is 8.75. The second kappa shape index (κ2) is 5.60. The van der Waals surface area contributed by atoms with Crippen LogP contribution in [0.15, 0.2) is 46.8 Å². The van der Waals surface area contributed by atoms with Gasteiger partial charge in [0, 0.05) is 7.05 Å². The van der Waals surface area contributed by atoms with Crippen LogP contribution in [0.4, 0.5) is 0 Å². The first-order chi connectivity index (χ1) is 12.7. The lowest BCUT2D eigenvalue weighted by atomic mass is 10.2. The molecule has 4 aromatic heterocycles. The zero-order chi connectivity index (χ0) is 17.7. The van der Waals surface area contributed by atoms with E-state index in [0.717, 1.165) is 15.7 Å². The minimum Gasteiger partial charge on any atom is -0.469 e. The van der Waals surface area contributed by atoms with Crippen LogP contribution >= 0.6 is 11.3 Å². The van der Waals surface area contributed by atoms with Gasteiger partial charge in [0.1, 0.15) is 11.2 Å². The van der Waals surface area contributed by atoms with Gasteiger partial charge in [-0.2, -0.15) is 0 Å². The summed E-state index contributed by atoms with van der Waals surface area (Å²) in [5, 5.41) is 11.8. The third-order valence-corrected chi connectivity index (χ3v) is 5.08. The molecule has 0 fully saturated rings. The van der Waals surface area contributed by atoms with Crippen LogP contribution in [0.25, 0.3) is 26.9 Å². The van der Waals surface area contributed by atoms with Crippen molar-refractivity contribution in [2.45, 2.75) is 6.61 Å². The molecular formula is C17H12N6O2S. The molecule has 26 heavy (non-hydrogen) atoms. The average molecular weight is 364 g/mol. The third kappa shape index (κ3) is 2.10. The van der Waals surface area contributed by atoms with E-state index in [1.165, 1.54) is 22.2 Å². The zero-order valence-electron chi connectivity index (χ0n) is 13.7. The van der Waals surface area contributed by atoms with Crippen molar-refractivity contribution >= 4 is 38.2 Å². The van der Waals surface area contributed by atoms with Crippen molar-refractivity contribution in [1.29, 1.82) is 0 Å². The van der Waals surface area contributed by atoms with E-state index in [9.17, 15) is 4.79 Å². The van der Waals surface area contributed by atoms with E-state index in [-0.39, 0.29) is 12.2 Å². The summed E-state index contributed by atoms with van der Waals surface area (Å²) in [6.07, 6.45) is 1.48. The van der Waals surface area contributed by atoms with Gasteiger partial charge < -0.3 is 4.74 Å². The number of hydrogen-bond donors (Lipinski definition) is 0. The molecule has 0 atom stereocenters. The molecule has 0 N–H and O–H groups in total. The van der Waals surface area contributed by atoms with Crippen molar-refractivity contribution in [2.24, 2.45) is 7.05 Å². The van der Waals surface area contributed by atoms with Crippen LogP contribution in [0.2, 0.25) is 0 Å². The largest absolute Gasteiger partial charge is 0.469 e. The van der Waals surface area contributed by atoms with Crippen molar-refractivity contribution in [2.75, 3.05) is 0 Å². The number of thiophene rings is 1. The van der Waals surface area contributed by atoms with Gasteiger partial charge in [-0.15, -0.1) is 21.5 Å². The average Bonchev–Trinajstić information content (AvgIpc) is 3.31. The Morgan fingerprint density at radius 1 is 1.12 bits per heavy atom. The summed E-state index contributed by atoms with van der Waals surface area (Å²) in [4.78, 5) is 21.8. The Hall–Kier alpha value is -3.33. The Kier molecular flexibility index (Phi) is 3.22. The fraction of sp³-hybridized carbons (Fsp3) is 0.118. The summed E-state index contributed by atoms with van der Waals surface area (Å²) in [7, 11) is 1.68. The number of nitrogens with zero attached hydrogens (tertiary/aromatic N) is 6. The fourth-order valence-electron chi connectivity index (χ4n) is 3.00. The van der Waals surface area contributed by atoms with Crippen molar-refractivity contribution in [3.05, 3.63) is 58.2 Å². The van der Waals surface area contributed by atoms with E-state index in [2.05, 4.69) is 20.2 Å². The molecule has 4 heterocycles. The minimum atomic E-state index is -0.108. The Morgan fingerprint density at radius 2 is 2.00 bits per heavy atom. The van der Waals surface area contributed by atoms with Gasteiger partial charge in [-0.25, -0.2) is 9.97 Å². The number of aryl methyl sites for hydroxylation is 1. The van der Waals surface area contributed by atoms with E-state index < -0.39 is 0 Å². The Labute approximate surface area is 150 Å². The number of aromatic nitrogens is 6. The monoisotopic (exact) mass is 364 g/mol. The molecule has 8 nitrogen and oxygen atoms in total. The second-order valence-corrected chi connectivity index (χ2v) is 6.63. The quantitative estimate of drug-likeness (QED) is 0.488. The van der Waals surface area contributed by atoms with Crippen LogP contribution in [0.3, 0.4) is 0 Å². The summed E-state index contributed by atoms with van der Waals surface area (Å²) in [6.45, 7) is 0.172. The first kappa shape index (κ1) is 15.0. The molecule has 128 valence electrons. The summed E-state index contributed by atoms with van der Waals surface area (Å²) >= 11 is 1.53. The Balaban J connectivity index is 1.64. The lowest BCUT2D eigenvalue weighted by Gasteiger charge is -2.08. The zero-order valence-corrected chi connectivity index (χ0v) is 14.5. The Bertz CT molecular complexity index is 1340. The third-order valence-electron chi connectivity index (χ3n) is 4.26. The minimum absolute atomic E-state index is 0.108. The smallest absolute Gasteiger partial charge is 0.262 e. The highest BCUT2D eigenvalue weighted by molar-refractivity contribution is 7.16. The van der Waals surface area contributed by atoms with Crippen LogP contribution in [-0.2, 0) is 13.7 Å². The molecule has 0 bridgehead atoms. The highest BCUT2D eigenvalue weighted by atomic mass is 32.1. The SMILES string of the molecule is Cn1c(=O)c2ccccc2n2c(COc3ncnc4sccc34)nnc12. The lowest BCUT2D eigenvalue weighted by molar-refractivity contribution is 0.287. The predicted octanol–water partition coefficient (Wildman–Crippen LogP) is 2.16. The van der Waals surface area contributed by atoms with E-state index in [4.69, 9.17) is 4.74 Å². The van der Waals surface area contributed by atoms with Crippen LogP contribution in [0.1, 0.15) is 5.82 Å². The van der Waals surface area contributed by atoms with Gasteiger partial charge in [0.15, 0.2) is 12.4 Å². The van der Waals surface area contributed by atoms with Crippen LogP contribution in [0, 0.1) is 0 Å². The van der Waals surface area contributed by atoms with Gasteiger partial charge in [0.05, 0.1) is 16.3 Å². The number of rotatable bonds is 3. The molecule has 0 saturated heterocycles. The molecule has 0 radical (unpaired) electrons. The normalized spacial score (nSPS) is 11.6. The lowest BCUT2D eigenvalue weighted by Crippen LogP contribution is -2.20. The molecular weight excluding hydrogens is 352 g/mol. The number of ether oxygens (including phenoxy) is 1. The molecule has 0 aliphatic rings. The molecule has 9 heteroatoms. The molecule has 1 aromatic carbocycles. The first-order valence-electron chi connectivity index (χ1n) is 7.87. The Morgan fingerprint density at radius 3 is 2.92 bits per heavy atom. The molecule has 0 aliphatic heterocycles. The van der Waals surface area contributed by atoms with Crippen molar-refractivity contribution < 1.29 is 4.74 Å². The molecule has 0 amide bonds. The van der Waals surface area contributed by atoms with Gasteiger partial charge in [-0.1, -0.05) is 12.1 Å². The molecule has 0 saturated carbocycles. The van der Waals surface area contributed by atoms with Crippen molar-refractivity contribution in [1.82, 2.24) is 29.1 Å². The molecule has 5 rings (SSSR count). The highest BCUT2D eigenvalue weighted by Crippen LogP contribution is 2.26. The van der Waals surface area contributed by atoms with Crippen molar-refractivity contribution in [3.63, 3.8) is 0 Å². The van der Waals surface area contributed by atoms with Gasteiger partial charge in [0.2, 0.25) is 11.7 Å². The van der Waals surface area contributed by atoms with Gasteiger partial charge >= 0.3 is 0 Å². The highest BCUT2D eigenvalue weighted by Gasteiger charge is 2.15. The number of para-hydroxylation sites is 1. The van der Waals surface area contributed by atoms with E-state index in [1.54, 1.807) is 13.1 Å². The fourth-order valence-corrected chi connectivity index (χ4v) is 3.72. The standard InChI is InChI=1S/C17H12N6O2S/c1-22-16(24)10-4-2-3-5-12(10)23-13(20-21-17(22)23)8-25-14-11-6-7-26-15(11)19-9-18-14/h2-7,9H,8H2,1H3. The van der Waals surface area contributed by atoms with E-state index >= 15 is 0 Å². The summed E-state index contributed by atoms with van der Waals surface area (Å²) in [5.41, 5.74) is 0.640. The van der Waals surface area contributed by atoms with Gasteiger partial charge in [0.25, 0.3) is 5.56 Å². The molecule has 0 spiro atoms. The predicted molar refractivity (Wildman–Crippen MR) is 97.5 cm³/mol. The maximum absolute atomic E-state index is 12.5. The van der Waals surface area contributed by atoms with E-state index in [1.807, 2.05) is 34.0 Å². The van der Waals surface area contributed by atoms with E-state index in [0.29, 0.717) is 22.9 Å². The number of fused-ring (bicyclic) bond motifs is 4. The van der Waals surface area contributed by atoms with Crippen LogP contribution in [0.5, 0.6) is 5.88 Å². The van der Waals surface area contributed by atoms with Crippen LogP contribution < -0.4 is 10.3 Å². The van der Waals surface area contributed by atoms with Crippen molar-refractivity contribution in [3.8, 4) is 5.88 Å². The molecule has 0 aliphatic carbocycles. The summed E-state index contributed by atoms with van der Waals surface area (Å²) in [5.74, 6) is 1.56. The maximum Gasteiger partial charge on any atom is 0.262 e. The van der Waals surface area contributed by atoms with Gasteiger partial charge in [-0.05, 0) is 23.6 Å². The summed E-state index contributed by atoms with van der Waals surface area (Å²) < 4.78 is 9.22. The summed E-state index contributed by atoms with van der Waals surface area (Å²) in [6, 6.07) is 9.31. The molecule has 5 aromatic rings. The number of hydrogen-bond acceptors (Lipinski definition) is 7. The maximum atomic E-state index is 12.5. The second-order valence-electron chi connectivity index (χ2n) is 5.74. The molecule has 0 unspecified atom stereocenters. The topological polar surface area (TPSA) is 87.2 Å².